The molecular weight excluding hydrogens is 162 g/mol. The van der Waals surface area contributed by atoms with E-state index in [0.717, 1.165) is 31.0 Å². The van der Waals surface area contributed by atoms with Gasteiger partial charge in [0.25, 0.3) is 0 Å². The van der Waals surface area contributed by atoms with Crippen molar-refractivity contribution in [3.8, 4) is 0 Å². The van der Waals surface area contributed by atoms with Crippen LogP contribution in [-0.2, 0) is 4.74 Å². The molecule has 1 aliphatic heterocycles. The summed E-state index contributed by atoms with van der Waals surface area (Å²) in [5.41, 5.74) is 6.67. The van der Waals surface area contributed by atoms with Crippen molar-refractivity contribution < 1.29 is 4.74 Å². The van der Waals surface area contributed by atoms with E-state index in [1.165, 1.54) is 32.1 Å². The Labute approximate surface area is 79.8 Å². The molecule has 2 nitrogen and oxygen atoms in total. The Morgan fingerprint density at radius 2 is 2.00 bits per heavy atom. The Kier molecular flexibility index (Phi) is 1.72. The Hall–Kier alpha value is -0.0800. The molecular formula is C11H19NO. The maximum absolute atomic E-state index is 6.42. The van der Waals surface area contributed by atoms with E-state index in [1.54, 1.807) is 0 Å². The summed E-state index contributed by atoms with van der Waals surface area (Å²) >= 11 is 0. The molecule has 0 amide bonds. The second-order valence-electron chi connectivity index (χ2n) is 5.19. The Morgan fingerprint density at radius 1 is 1.23 bits per heavy atom. The van der Waals surface area contributed by atoms with Crippen molar-refractivity contribution in [1.82, 2.24) is 0 Å². The molecule has 3 unspecified atom stereocenters. The first-order valence-electron chi connectivity index (χ1n) is 5.67. The lowest BCUT2D eigenvalue weighted by Gasteiger charge is -2.18. The topological polar surface area (TPSA) is 35.2 Å². The molecule has 2 N–H and O–H groups in total. The van der Waals surface area contributed by atoms with Gasteiger partial charge in [-0.25, -0.2) is 0 Å². The van der Waals surface area contributed by atoms with Crippen molar-refractivity contribution in [2.45, 2.75) is 37.6 Å². The van der Waals surface area contributed by atoms with Gasteiger partial charge in [-0.1, -0.05) is 6.42 Å². The standard InChI is InChI=1S/C11H19NO/c12-11(6-8-4-5-13-7-8)9-2-1-3-10(9)11/h8-10H,1-7,12H2. The summed E-state index contributed by atoms with van der Waals surface area (Å²) in [6.45, 7) is 1.94. The van der Waals surface area contributed by atoms with Crippen molar-refractivity contribution in [3.63, 3.8) is 0 Å². The molecule has 2 aliphatic carbocycles. The predicted molar refractivity (Wildman–Crippen MR) is 51.3 cm³/mol. The largest absolute Gasteiger partial charge is 0.381 e. The minimum absolute atomic E-state index is 0.247. The highest BCUT2D eigenvalue weighted by Gasteiger charge is 2.63. The minimum atomic E-state index is 0.247. The van der Waals surface area contributed by atoms with E-state index < -0.39 is 0 Å². The van der Waals surface area contributed by atoms with Crippen molar-refractivity contribution in [2.24, 2.45) is 23.5 Å². The van der Waals surface area contributed by atoms with Gasteiger partial charge in [0.2, 0.25) is 0 Å². The molecule has 2 heteroatoms. The SMILES string of the molecule is NC1(CC2CCOC2)C2CCCC21. The molecule has 0 bridgehead atoms. The molecule has 1 saturated heterocycles. The van der Waals surface area contributed by atoms with Gasteiger partial charge in [-0.15, -0.1) is 0 Å². The van der Waals surface area contributed by atoms with Crippen LogP contribution in [0.15, 0.2) is 0 Å². The lowest BCUT2D eigenvalue weighted by Crippen LogP contribution is -2.31. The van der Waals surface area contributed by atoms with E-state index >= 15 is 0 Å². The minimum Gasteiger partial charge on any atom is -0.381 e. The maximum atomic E-state index is 6.42. The van der Waals surface area contributed by atoms with E-state index in [-0.39, 0.29) is 5.54 Å². The van der Waals surface area contributed by atoms with E-state index in [1.807, 2.05) is 0 Å². The molecule has 13 heavy (non-hydrogen) atoms. The molecule has 2 saturated carbocycles. The van der Waals surface area contributed by atoms with E-state index in [0.29, 0.717) is 0 Å². The van der Waals surface area contributed by atoms with Crippen molar-refractivity contribution >= 4 is 0 Å². The zero-order valence-corrected chi connectivity index (χ0v) is 8.17. The highest BCUT2D eigenvalue weighted by molar-refractivity contribution is 5.18. The molecule has 0 spiro atoms. The van der Waals surface area contributed by atoms with E-state index in [2.05, 4.69) is 0 Å². The van der Waals surface area contributed by atoms with Gasteiger partial charge in [0.05, 0.1) is 0 Å². The molecule has 3 fully saturated rings. The first kappa shape index (κ1) is 8.25. The fourth-order valence-electron chi connectivity index (χ4n) is 3.67. The fraction of sp³-hybridized carbons (Fsp3) is 1.00. The summed E-state index contributed by atoms with van der Waals surface area (Å²) in [6.07, 6.45) is 6.71. The van der Waals surface area contributed by atoms with Gasteiger partial charge in [-0.3, -0.25) is 0 Å². The lowest BCUT2D eigenvalue weighted by molar-refractivity contribution is 0.180. The fourth-order valence-corrected chi connectivity index (χ4v) is 3.67. The third-order valence-electron chi connectivity index (χ3n) is 4.45. The van der Waals surface area contributed by atoms with Crippen LogP contribution in [0.5, 0.6) is 0 Å². The zero-order valence-electron chi connectivity index (χ0n) is 8.17. The van der Waals surface area contributed by atoms with Crippen LogP contribution in [0.1, 0.15) is 32.1 Å². The van der Waals surface area contributed by atoms with Crippen molar-refractivity contribution in [3.05, 3.63) is 0 Å². The maximum Gasteiger partial charge on any atom is 0.0495 e. The van der Waals surface area contributed by atoms with Gasteiger partial charge in [0.15, 0.2) is 0 Å². The summed E-state index contributed by atoms with van der Waals surface area (Å²) in [6, 6.07) is 0. The summed E-state index contributed by atoms with van der Waals surface area (Å²) < 4.78 is 5.40. The van der Waals surface area contributed by atoms with Crippen LogP contribution < -0.4 is 5.73 Å². The second kappa shape index (κ2) is 2.71. The molecule has 0 aromatic heterocycles. The van der Waals surface area contributed by atoms with Crippen LogP contribution in [-0.4, -0.2) is 18.8 Å². The summed E-state index contributed by atoms with van der Waals surface area (Å²) in [7, 11) is 0. The van der Waals surface area contributed by atoms with Crippen molar-refractivity contribution in [1.29, 1.82) is 0 Å². The summed E-state index contributed by atoms with van der Waals surface area (Å²) in [5.74, 6) is 2.54. The van der Waals surface area contributed by atoms with E-state index in [9.17, 15) is 0 Å². The van der Waals surface area contributed by atoms with Crippen LogP contribution >= 0.6 is 0 Å². The number of hydrogen-bond donors (Lipinski definition) is 1. The van der Waals surface area contributed by atoms with Crippen molar-refractivity contribution in [2.75, 3.05) is 13.2 Å². The zero-order chi connectivity index (χ0) is 8.89. The highest BCUT2D eigenvalue weighted by atomic mass is 16.5. The first-order valence-corrected chi connectivity index (χ1v) is 5.67. The molecule has 0 aromatic rings. The van der Waals surface area contributed by atoms with Crippen LogP contribution in [0.4, 0.5) is 0 Å². The molecule has 0 aromatic carbocycles. The number of rotatable bonds is 2. The average Bonchev–Trinajstić information content (AvgIpc) is 2.60. The Balaban J connectivity index is 1.60. The number of hydrogen-bond acceptors (Lipinski definition) is 2. The third-order valence-corrected chi connectivity index (χ3v) is 4.45. The number of ether oxygens (including phenoxy) is 1. The Bertz CT molecular complexity index is 200. The first-order chi connectivity index (χ1) is 6.31. The van der Waals surface area contributed by atoms with E-state index in [4.69, 9.17) is 10.5 Å². The third kappa shape index (κ3) is 1.15. The predicted octanol–water partition coefficient (Wildman–Crippen LogP) is 1.54. The lowest BCUT2D eigenvalue weighted by atomic mass is 9.92. The molecule has 0 radical (unpaired) electrons. The summed E-state index contributed by atoms with van der Waals surface area (Å²) in [5, 5.41) is 0. The average molecular weight is 181 g/mol. The van der Waals surface area contributed by atoms with Gasteiger partial charge in [-0.05, 0) is 43.4 Å². The van der Waals surface area contributed by atoms with Crippen LogP contribution in [0.3, 0.4) is 0 Å². The molecule has 1 heterocycles. The van der Waals surface area contributed by atoms with Gasteiger partial charge in [0.1, 0.15) is 0 Å². The van der Waals surface area contributed by atoms with Crippen LogP contribution in [0, 0.1) is 17.8 Å². The molecule has 3 aliphatic rings. The smallest absolute Gasteiger partial charge is 0.0495 e. The quantitative estimate of drug-likeness (QED) is 0.701. The highest BCUT2D eigenvalue weighted by Crippen LogP contribution is 2.61. The molecule has 3 atom stereocenters. The molecule has 74 valence electrons. The monoisotopic (exact) mass is 181 g/mol. The second-order valence-corrected chi connectivity index (χ2v) is 5.19. The van der Waals surface area contributed by atoms with Crippen LogP contribution in [0.2, 0.25) is 0 Å². The van der Waals surface area contributed by atoms with Gasteiger partial charge < -0.3 is 10.5 Å². The summed E-state index contributed by atoms with van der Waals surface area (Å²) in [4.78, 5) is 0. The normalized spacial score (nSPS) is 53.8. The number of nitrogens with two attached hydrogens (primary N) is 1. The van der Waals surface area contributed by atoms with Gasteiger partial charge in [-0.2, -0.15) is 0 Å². The van der Waals surface area contributed by atoms with Crippen LogP contribution in [0.25, 0.3) is 0 Å². The van der Waals surface area contributed by atoms with Gasteiger partial charge >= 0.3 is 0 Å². The van der Waals surface area contributed by atoms with Gasteiger partial charge in [0, 0.05) is 18.8 Å². The number of fused-ring (bicyclic) bond motifs is 1. The molecule has 3 rings (SSSR count). The Morgan fingerprint density at radius 3 is 2.62 bits per heavy atom.